The number of benzene rings is 2. The van der Waals surface area contributed by atoms with Crippen LogP contribution in [-0.2, 0) is 4.79 Å². The summed E-state index contributed by atoms with van der Waals surface area (Å²) in [5, 5.41) is 6.34. The molecule has 0 spiro atoms. The quantitative estimate of drug-likeness (QED) is 0.785. The van der Waals surface area contributed by atoms with E-state index in [9.17, 15) is 4.79 Å². The van der Waals surface area contributed by atoms with E-state index >= 15 is 0 Å². The number of amides is 1. The zero-order valence-corrected chi connectivity index (χ0v) is 14.0. The minimum absolute atomic E-state index is 0.0897. The van der Waals surface area contributed by atoms with Crippen molar-refractivity contribution in [3.8, 4) is 0 Å². The summed E-state index contributed by atoms with van der Waals surface area (Å²) in [7, 11) is 0. The Morgan fingerprint density at radius 3 is 1.96 bits per heavy atom. The fourth-order valence-electron chi connectivity index (χ4n) is 2.74. The minimum atomic E-state index is 0.0897. The highest BCUT2D eigenvalue weighted by Crippen LogP contribution is 2.27. The van der Waals surface area contributed by atoms with Crippen LogP contribution in [0.5, 0.6) is 0 Å². The highest BCUT2D eigenvalue weighted by Gasteiger charge is 2.18. The molecule has 0 heterocycles. The monoisotopic (exact) mass is 310 g/mol. The topological polar surface area (TPSA) is 41.1 Å². The second-order valence-electron chi connectivity index (χ2n) is 5.84. The standard InChI is InChI=1S/C20H26N2O/c1-3-21-16(2)15-22-20(23)14-19(17-10-6-4-7-11-17)18-12-8-5-9-13-18/h4-13,16,19,21H,3,14-15H2,1-2H3,(H,22,23)/t16-/m1/s1. The van der Waals surface area contributed by atoms with Gasteiger partial charge < -0.3 is 10.6 Å². The average molecular weight is 310 g/mol. The van der Waals surface area contributed by atoms with Crippen molar-refractivity contribution in [1.82, 2.24) is 10.6 Å². The van der Waals surface area contributed by atoms with Crippen LogP contribution in [0.1, 0.15) is 37.3 Å². The maximum absolute atomic E-state index is 12.4. The van der Waals surface area contributed by atoms with Gasteiger partial charge in [0, 0.05) is 24.9 Å². The van der Waals surface area contributed by atoms with Crippen molar-refractivity contribution in [1.29, 1.82) is 0 Å². The molecule has 2 aromatic carbocycles. The van der Waals surface area contributed by atoms with Crippen LogP contribution < -0.4 is 10.6 Å². The van der Waals surface area contributed by atoms with Crippen LogP contribution in [-0.4, -0.2) is 25.0 Å². The van der Waals surface area contributed by atoms with Gasteiger partial charge in [-0.15, -0.1) is 0 Å². The minimum Gasteiger partial charge on any atom is -0.355 e. The largest absolute Gasteiger partial charge is 0.355 e. The van der Waals surface area contributed by atoms with Crippen LogP contribution in [0, 0.1) is 0 Å². The lowest BCUT2D eigenvalue weighted by Crippen LogP contribution is -2.39. The maximum atomic E-state index is 12.4. The molecule has 0 bridgehead atoms. The highest BCUT2D eigenvalue weighted by molar-refractivity contribution is 5.77. The average Bonchev–Trinajstić information content (AvgIpc) is 2.60. The zero-order chi connectivity index (χ0) is 16.5. The molecular formula is C20H26N2O. The summed E-state index contributed by atoms with van der Waals surface area (Å²) < 4.78 is 0. The summed E-state index contributed by atoms with van der Waals surface area (Å²) in [6.07, 6.45) is 0.465. The van der Waals surface area contributed by atoms with Crippen molar-refractivity contribution in [2.75, 3.05) is 13.1 Å². The summed E-state index contributed by atoms with van der Waals surface area (Å²) in [4.78, 5) is 12.4. The SMILES string of the molecule is CCN[C@H](C)CNC(=O)CC(c1ccccc1)c1ccccc1. The van der Waals surface area contributed by atoms with Crippen LogP contribution >= 0.6 is 0 Å². The van der Waals surface area contributed by atoms with Gasteiger partial charge in [-0.3, -0.25) is 4.79 Å². The van der Waals surface area contributed by atoms with Gasteiger partial charge in [0.05, 0.1) is 0 Å². The number of hydrogen-bond acceptors (Lipinski definition) is 2. The molecule has 2 rings (SSSR count). The molecule has 2 N–H and O–H groups in total. The Morgan fingerprint density at radius 1 is 0.957 bits per heavy atom. The molecule has 122 valence electrons. The van der Waals surface area contributed by atoms with Gasteiger partial charge in [-0.05, 0) is 24.6 Å². The molecule has 0 unspecified atom stereocenters. The molecule has 0 fully saturated rings. The molecule has 1 atom stereocenters. The molecule has 0 aliphatic heterocycles. The fourth-order valence-corrected chi connectivity index (χ4v) is 2.74. The molecule has 3 heteroatoms. The summed E-state index contributed by atoms with van der Waals surface area (Å²) in [6.45, 7) is 5.71. The fraction of sp³-hybridized carbons (Fsp3) is 0.350. The second kappa shape index (κ2) is 9.11. The van der Waals surface area contributed by atoms with E-state index in [-0.39, 0.29) is 17.9 Å². The van der Waals surface area contributed by atoms with E-state index in [0.717, 1.165) is 6.54 Å². The molecule has 0 saturated heterocycles. The van der Waals surface area contributed by atoms with E-state index in [4.69, 9.17) is 0 Å². The van der Waals surface area contributed by atoms with Crippen LogP contribution in [0.25, 0.3) is 0 Å². The van der Waals surface area contributed by atoms with Gasteiger partial charge in [0.15, 0.2) is 0 Å². The van der Waals surface area contributed by atoms with E-state index in [1.54, 1.807) is 0 Å². The third kappa shape index (κ3) is 5.53. The van der Waals surface area contributed by atoms with E-state index < -0.39 is 0 Å². The van der Waals surface area contributed by atoms with E-state index in [1.807, 2.05) is 36.4 Å². The first-order chi connectivity index (χ1) is 11.2. The summed E-state index contributed by atoms with van der Waals surface area (Å²) in [5.74, 6) is 0.180. The van der Waals surface area contributed by atoms with Crippen molar-refractivity contribution < 1.29 is 4.79 Å². The summed E-state index contributed by atoms with van der Waals surface area (Å²) in [5.41, 5.74) is 2.35. The smallest absolute Gasteiger partial charge is 0.221 e. The molecule has 0 radical (unpaired) electrons. The van der Waals surface area contributed by atoms with Gasteiger partial charge in [-0.25, -0.2) is 0 Å². The molecule has 0 aromatic heterocycles. The Kier molecular flexibility index (Phi) is 6.82. The van der Waals surface area contributed by atoms with E-state index in [1.165, 1.54) is 11.1 Å². The summed E-state index contributed by atoms with van der Waals surface area (Å²) in [6, 6.07) is 20.8. The third-order valence-corrected chi connectivity index (χ3v) is 3.95. The normalized spacial score (nSPS) is 12.1. The Balaban J connectivity index is 2.05. The second-order valence-corrected chi connectivity index (χ2v) is 5.84. The molecule has 3 nitrogen and oxygen atoms in total. The van der Waals surface area contributed by atoms with Gasteiger partial charge in [0.2, 0.25) is 5.91 Å². The highest BCUT2D eigenvalue weighted by atomic mass is 16.1. The molecule has 23 heavy (non-hydrogen) atoms. The van der Waals surface area contributed by atoms with Crippen molar-refractivity contribution in [2.24, 2.45) is 0 Å². The number of nitrogens with one attached hydrogen (secondary N) is 2. The van der Waals surface area contributed by atoms with Crippen LogP contribution in [0.15, 0.2) is 60.7 Å². The lowest BCUT2D eigenvalue weighted by atomic mass is 9.88. The third-order valence-electron chi connectivity index (χ3n) is 3.95. The predicted molar refractivity (Wildman–Crippen MR) is 95.5 cm³/mol. The van der Waals surface area contributed by atoms with Gasteiger partial charge in [0.1, 0.15) is 0 Å². The molecule has 0 saturated carbocycles. The van der Waals surface area contributed by atoms with Crippen LogP contribution in [0.3, 0.4) is 0 Å². The molecule has 1 amide bonds. The molecule has 0 aliphatic rings. The first kappa shape index (κ1) is 17.2. The van der Waals surface area contributed by atoms with E-state index in [0.29, 0.717) is 13.0 Å². The van der Waals surface area contributed by atoms with Crippen LogP contribution in [0.4, 0.5) is 0 Å². The van der Waals surface area contributed by atoms with Gasteiger partial charge in [0.25, 0.3) is 0 Å². The lowest BCUT2D eigenvalue weighted by Gasteiger charge is -2.19. The molecular weight excluding hydrogens is 284 g/mol. The van der Waals surface area contributed by atoms with Gasteiger partial charge in [-0.2, -0.15) is 0 Å². The molecule has 2 aromatic rings. The Bertz CT molecular complexity index is 544. The van der Waals surface area contributed by atoms with Crippen LogP contribution in [0.2, 0.25) is 0 Å². The predicted octanol–water partition coefficient (Wildman–Crippen LogP) is 3.32. The van der Waals surface area contributed by atoms with E-state index in [2.05, 4.69) is 48.7 Å². The van der Waals surface area contributed by atoms with Crippen molar-refractivity contribution in [3.05, 3.63) is 71.8 Å². The van der Waals surface area contributed by atoms with Gasteiger partial charge >= 0.3 is 0 Å². The van der Waals surface area contributed by atoms with Crippen molar-refractivity contribution >= 4 is 5.91 Å². The first-order valence-corrected chi connectivity index (χ1v) is 8.30. The Morgan fingerprint density at radius 2 is 1.48 bits per heavy atom. The zero-order valence-electron chi connectivity index (χ0n) is 14.0. The lowest BCUT2D eigenvalue weighted by molar-refractivity contribution is -0.121. The molecule has 0 aliphatic carbocycles. The number of rotatable bonds is 8. The first-order valence-electron chi connectivity index (χ1n) is 8.30. The van der Waals surface area contributed by atoms with Crippen molar-refractivity contribution in [2.45, 2.75) is 32.2 Å². The number of likely N-dealkylation sites (N-methyl/N-ethyl adjacent to an activating group) is 1. The number of hydrogen-bond donors (Lipinski definition) is 2. The Hall–Kier alpha value is -2.13. The number of carbonyl (C=O) groups is 1. The summed E-state index contributed by atoms with van der Waals surface area (Å²) >= 11 is 0. The van der Waals surface area contributed by atoms with Gasteiger partial charge in [-0.1, -0.05) is 67.6 Å². The number of carbonyl (C=O) groups excluding carboxylic acids is 1. The van der Waals surface area contributed by atoms with Crippen molar-refractivity contribution in [3.63, 3.8) is 0 Å². The Labute approximate surface area is 139 Å². The maximum Gasteiger partial charge on any atom is 0.221 e.